The molecule has 0 aliphatic heterocycles. The molecule has 1 aromatic heterocycles. The summed E-state index contributed by atoms with van der Waals surface area (Å²) >= 11 is 11.3. The van der Waals surface area contributed by atoms with Gasteiger partial charge < -0.3 is 0 Å². The molecule has 0 amide bonds. The zero-order chi connectivity index (χ0) is 15.8. The van der Waals surface area contributed by atoms with Gasteiger partial charge in [0.15, 0.2) is 0 Å². The molecule has 4 aromatic rings. The van der Waals surface area contributed by atoms with Crippen molar-refractivity contribution in [3.63, 3.8) is 0 Å². The van der Waals surface area contributed by atoms with Gasteiger partial charge >= 0.3 is 0 Å². The summed E-state index contributed by atoms with van der Waals surface area (Å²) in [4.78, 5) is 4.86. The van der Waals surface area contributed by atoms with Gasteiger partial charge in [0.1, 0.15) is 5.01 Å². The zero-order valence-corrected chi connectivity index (χ0v) is 15.1. The van der Waals surface area contributed by atoms with Crippen molar-refractivity contribution in [3.05, 3.63) is 75.5 Å². The van der Waals surface area contributed by atoms with E-state index in [2.05, 4.69) is 58.4 Å². The highest BCUT2D eigenvalue weighted by Gasteiger charge is 2.14. The highest BCUT2D eigenvalue weighted by atomic mass is 79.9. The molecule has 0 spiro atoms. The second kappa shape index (κ2) is 6.08. The van der Waals surface area contributed by atoms with Crippen LogP contribution in [0.5, 0.6) is 0 Å². The highest BCUT2D eigenvalue weighted by molar-refractivity contribution is 9.11. The Hall–Kier alpha value is -1.68. The van der Waals surface area contributed by atoms with E-state index < -0.39 is 0 Å². The lowest BCUT2D eigenvalue weighted by atomic mass is 10.0. The molecule has 0 atom stereocenters. The smallest absolute Gasteiger partial charge is 0.125 e. The molecule has 112 valence electrons. The van der Waals surface area contributed by atoms with Crippen molar-refractivity contribution in [1.82, 2.24) is 4.98 Å². The van der Waals surface area contributed by atoms with E-state index in [9.17, 15) is 0 Å². The number of rotatable bonds is 2. The predicted octanol–water partition coefficient (Wildman–Crippen LogP) is 7.05. The predicted molar refractivity (Wildman–Crippen MR) is 103 cm³/mol. The molecule has 0 aliphatic carbocycles. The van der Waals surface area contributed by atoms with Crippen LogP contribution in [0.15, 0.2) is 70.5 Å². The Morgan fingerprint density at radius 1 is 0.870 bits per heavy atom. The van der Waals surface area contributed by atoms with Crippen LogP contribution in [0, 0.1) is 0 Å². The van der Waals surface area contributed by atoms with E-state index in [4.69, 9.17) is 16.6 Å². The molecule has 0 unspecified atom stereocenters. The van der Waals surface area contributed by atoms with Crippen molar-refractivity contribution >= 4 is 49.6 Å². The van der Waals surface area contributed by atoms with Crippen LogP contribution < -0.4 is 0 Å². The Morgan fingerprint density at radius 2 is 1.61 bits per heavy atom. The summed E-state index contributed by atoms with van der Waals surface area (Å²) in [5.74, 6) is 0. The van der Waals surface area contributed by atoms with Crippen molar-refractivity contribution in [3.8, 4) is 21.8 Å². The lowest BCUT2D eigenvalue weighted by molar-refractivity contribution is 1.40. The number of nitrogens with zero attached hydrogens (tertiary/aromatic N) is 1. The number of fused-ring (bicyclic) bond motifs is 1. The van der Waals surface area contributed by atoms with Crippen LogP contribution in [0.2, 0.25) is 5.02 Å². The molecule has 0 aliphatic rings. The Labute approximate surface area is 151 Å². The molecule has 4 heteroatoms. The third kappa shape index (κ3) is 2.80. The molecule has 0 saturated carbocycles. The normalized spacial score (nSPS) is 11.0. The molecule has 0 fully saturated rings. The second-order valence-electron chi connectivity index (χ2n) is 5.17. The van der Waals surface area contributed by atoms with Gasteiger partial charge in [-0.3, -0.25) is 0 Å². The molecule has 0 bridgehead atoms. The SMILES string of the molecule is Clc1ccc(-c2nc(-c3cccc4ccccc34)c(Br)s2)cc1. The number of benzene rings is 3. The second-order valence-corrected chi connectivity index (χ2v) is 7.93. The molecule has 3 aromatic carbocycles. The van der Waals surface area contributed by atoms with Gasteiger partial charge in [-0.25, -0.2) is 4.98 Å². The Balaban J connectivity index is 1.88. The summed E-state index contributed by atoms with van der Waals surface area (Å²) in [6.45, 7) is 0. The van der Waals surface area contributed by atoms with E-state index in [0.717, 1.165) is 30.6 Å². The van der Waals surface area contributed by atoms with Crippen LogP contribution in [0.25, 0.3) is 32.6 Å². The first-order valence-corrected chi connectivity index (χ1v) is 9.11. The summed E-state index contributed by atoms with van der Waals surface area (Å²) < 4.78 is 1.04. The molecular weight excluding hydrogens is 390 g/mol. The molecular formula is C19H11BrClNS. The highest BCUT2D eigenvalue weighted by Crippen LogP contribution is 2.40. The van der Waals surface area contributed by atoms with E-state index in [1.165, 1.54) is 10.8 Å². The van der Waals surface area contributed by atoms with E-state index in [1.54, 1.807) is 11.3 Å². The summed E-state index contributed by atoms with van der Waals surface area (Å²) in [5.41, 5.74) is 3.20. The molecule has 0 saturated heterocycles. The maximum atomic E-state index is 5.97. The fourth-order valence-electron chi connectivity index (χ4n) is 2.62. The summed E-state index contributed by atoms with van der Waals surface area (Å²) in [5, 5.41) is 4.15. The minimum atomic E-state index is 0.735. The number of thiazole rings is 1. The van der Waals surface area contributed by atoms with E-state index in [-0.39, 0.29) is 0 Å². The van der Waals surface area contributed by atoms with Crippen LogP contribution in [0.3, 0.4) is 0 Å². The first-order chi connectivity index (χ1) is 11.2. The van der Waals surface area contributed by atoms with Crippen LogP contribution in [0.4, 0.5) is 0 Å². The fraction of sp³-hybridized carbons (Fsp3) is 0. The molecule has 4 rings (SSSR count). The molecule has 23 heavy (non-hydrogen) atoms. The van der Waals surface area contributed by atoms with Crippen molar-refractivity contribution in [2.45, 2.75) is 0 Å². The largest absolute Gasteiger partial charge is 0.235 e. The van der Waals surface area contributed by atoms with Gasteiger partial charge in [0.25, 0.3) is 0 Å². The van der Waals surface area contributed by atoms with Gasteiger partial charge in [-0.15, -0.1) is 11.3 Å². The first-order valence-electron chi connectivity index (χ1n) is 7.13. The van der Waals surface area contributed by atoms with Gasteiger partial charge in [0.2, 0.25) is 0 Å². The lowest BCUT2D eigenvalue weighted by Crippen LogP contribution is -1.83. The molecule has 0 radical (unpaired) electrons. The monoisotopic (exact) mass is 399 g/mol. The average Bonchev–Trinajstić information content (AvgIpc) is 2.96. The molecule has 1 nitrogen and oxygen atoms in total. The quantitative estimate of drug-likeness (QED) is 0.351. The topological polar surface area (TPSA) is 12.9 Å². The Bertz CT molecular complexity index is 987. The van der Waals surface area contributed by atoms with Crippen molar-refractivity contribution < 1.29 is 0 Å². The van der Waals surface area contributed by atoms with Gasteiger partial charge in [0, 0.05) is 16.1 Å². The number of halogens is 2. The maximum absolute atomic E-state index is 5.97. The third-order valence-corrected chi connectivity index (χ3v) is 5.73. The minimum absolute atomic E-state index is 0.735. The average molecular weight is 401 g/mol. The maximum Gasteiger partial charge on any atom is 0.125 e. The Morgan fingerprint density at radius 3 is 2.43 bits per heavy atom. The van der Waals surface area contributed by atoms with Crippen LogP contribution in [-0.2, 0) is 0 Å². The molecule has 0 N–H and O–H groups in total. The van der Waals surface area contributed by atoms with Gasteiger partial charge in [-0.1, -0.05) is 66.2 Å². The Kier molecular flexibility index (Phi) is 3.93. The van der Waals surface area contributed by atoms with Crippen molar-refractivity contribution in [1.29, 1.82) is 0 Å². The standard InChI is InChI=1S/C19H11BrClNS/c20-18-17(16-7-3-5-12-4-1-2-6-15(12)16)22-19(23-18)13-8-10-14(21)11-9-13/h1-11H. The number of aromatic nitrogens is 1. The first kappa shape index (κ1) is 14.9. The van der Waals surface area contributed by atoms with Gasteiger partial charge in [-0.05, 0) is 38.8 Å². The van der Waals surface area contributed by atoms with Crippen molar-refractivity contribution in [2.75, 3.05) is 0 Å². The summed E-state index contributed by atoms with van der Waals surface area (Å²) in [6, 6.07) is 22.5. The fourth-order valence-corrected chi connectivity index (χ4v) is 4.32. The number of hydrogen-bond acceptors (Lipinski definition) is 2. The van der Waals surface area contributed by atoms with Crippen molar-refractivity contribution in [2.24, 2.45) is 0 Å². The zero-order valence-electron chi connectivity index (χ0n) is 12.0. The van der Waals surface area contributed by atoms with Gasteiger partial charge in [0.05, 0.1) is 9.48 Å². The van der Waals surface area contributed by atoms with Crippen LogP contribution in [0.1, 0.15) is 0 Å². The minimum Gasteiger partial charge on any atom is -0.235 e. The number of hydrogen-bond donors (Lipinski definition) is 0. The van der Waals surface area contributed by atoms with E-state index in [1.807, 2.05) is 24.3 Å². The summed E-state index contributed by atoms with van der Waals surface area (Å²) in [7, 11) is 0. The molecule has 1 heterocycles. The van der Waals surface area contributed by atoms with Crippen LogP contribution in [-0.4, -0.2) is 4.98 Å². The van der Waals surface area contributed by atoms with E-state index in [0.29, 0.717) is 0 Å². The van der Waals surface area contributed by atoms with E-state index >= 15 is 0 Å². The summed E-state index contributed by atoms with van der Waals surface area (Å²) in [6.07, 6.45) is 0. The van der Waals surface area contributed by atoms with Gasteiger partial charge in [-0.2, -0.15) is 0 Å². The van der Waals surface area contributed by atoms with Crippen LogP contribution >= 0.6 is 38.9 Å². The lowest BCUT2D eigenvalue weighted by Gasteiger charge is -2.04. The third-order valence-electron chi connectivity index (χ3n) is 3.72.